The fourth-order valence-electron chi connectivity index (χ4n) is 1.46. The largest absolute Gasteiger partial charge is 0.476 e. The first-order valence-corrected chi connectivity index (χ1v) is 4.43. The Labute approximate surface area is 80.8 Å². The summed E-state index contributed by atoms with van der Waals surface area (Å²) in [5.74, 6) is -0.975. The molecule has 4 nitrogen and oxygen atoms in total. The van der Waals surface area contributed by atoms with Crippen molar-refractivity contribution in [3.05, 3.63) is 35.7 Å². The Hall–Kier alpha value is -1.84. The van der Waals surface area contributed by atoms with Gasteiger partial charge in [0.25, 0.3) is 0 Å². The van der Waals surface area contributed by atoms with Crippen molar-refractivity contribution in [2.45, 2.75) is 13.3 Å². The van der Waals surface area contributed by atoms with Gasteiger partial charge in [-0.3, -0.25) is 0 Å². The topological polar surface area (TPSA) is 54.6 Å². The lowest BCUT2D eigenvalue weighted by molar-refractivity contribution is 0.0687. The van der Waals surface area contributed by atoms with Gasteiger partial charge in [0.05, 0.1) is 5.52 Å². The molecule has 0 amide bonds. The molecule has 0 spiro atoms. The van der Waals surface area contributed by atoms with Gasteiger partial charge >= 0.3 is 5.97 Å². The third-order valence-electron chi connectivity index (χ3n) is 2.18. The predicted molar refractivity (Wildman–Crippen MR) is 51.5 cm³/mol. The van der Waals surface area contributed by atoms with Crippen molar-refractivity contribution >= 4 is 11.5 Å². The van der Waals surface area contributed by atoms with Crippen molar-refractivity contribution in [2.75, 3.05) is 0 Å². The fraction of sp³-hybridized carbons (Fsp3) is 0.200. The fourth-order valence-corrected chi connectivity index (χ4v) is 1.46. The first-order chi connectivity index (χ1) is 6.72. The Bertz CT molecular complexity index is 488. The van der Waals surface area contributed by atoms with Crippen LogP contribution in [-0.2, 0) is 6.42 Å². The minimum absolute atomic E-state index is 0.135. The second-order valence-corrected chi connectivity index (χ2v) is 3.05. The summed E-state index contributed by atoms with van der Waals surface area (Å²) in [6.45, 7) is 1.92. The van der Waals surface area contributed by atoms with Gasteiger partial charge < -0.3 is 5.11 Å². The Kier molecular flexibility index (Phi) is 1.96. The third-order valence-corrected chi connectivity index (χ3v) is 2.18. The molecule has 72 valence electrons. The van der Waals surface area contributed by atoms with Gasteiger partial charge in [0.2, 0.25) is 0 Å². The molecule has 0 unspecified atom stereocenters. The molecule has 0 saturated carbocycles. The zero-order valence-corrected chi connectivity index (χ0v) is 7.77. The van der Waals surface area contributed by atoms with E-state index in [4.69, 9.17) is 5.11 Å². The van der Waals surface area contributed by atoms with Crippen LogP contribution in [0, 0.1) is 0 Å². The molecule has 0 aliphatic heterocycles. The van der Waals surface area contributed by atoms with Crippen LogP contribution in [0.2, 0.25) is 0 Å². The van der Waals surface area contributed by atoms with Crippen molar-refractivity contribution < 1.29 is 9.90 Å². The number of carbonyl (C=O) groups is 1. The molecule has 0 bridgehead atoms. The molecule has 0 fully saturated rings. The van der Waals surface area contributed by atoms with E-state index in [2.05, 4.69) is 5.10 Å². The zero-order valence-electron chi connectivity index (χ0n) is 7.77. The van der Waals surface area contributed by atoms with Gasteiger partial charge in [-0.1, -0.05) is 6.92 Å². The summed E-state index contributed by atoms with van der Waals surface area (Å²) < 4.78 is 1.57. The summed E-state index contributed by atoms with van der Waals surface area (Å²) in [5.41, 5.74) is 1.83. The highest BCUT2D eigenvalue weighted by molar-refractivity contribution is 5.87. The molecule has 2 rings (SSSR count). The van der Waals surface area contributed by atoms with E-state index in [1.54, 1.807) is 10.7 Å². The average Bonchev–Trinajstić information content (AvgIpc) is 2.62. The van der Waals surface area contributed by atoms with E-state index in [1.807, 2.05) is 25.1 Å². The van der Waals surface area contributed by atoms with Gasteiger partial charge in [-0.15, -0.1) is 0 Å². The number of aromatic nitrogens is 2. The van der Waals surface area contributed by atoms with Gasteiger partial charge in [-0.05, 0) is 30.2 Å². The molecule has 0 atom stereocenters. The van der Waals surface area contributed by atoms with Crippen LogP contribution in [0.1, 0.15) is 23.0 Å². The second kappa shape index (κ2) is 3.14. The van der Waals surface area contributed by atoms with Crippen molar-refractivity contribution in [3.63, 3.8) is 0 Å². The van der Waals surface area contributed by atoms with Gasteiger partial charge in [-0.25, -0.2) is 9.31 Å². The molecule has 0 radical (unpaired) electrons. The van der Waals surface area contributed by atoms with E-state index in [0.29, 0.717) is 6.42 Å². The molecule has 2 aromatic heterocycles. The highest BCUT2D eigenvalue weighted by Gasteiger charge is 2.11. The number of hydrogen-bond acceptors (Lipinski definition) is 2. The lowest BCUT2D eigenvalue weighted by atomic mass is 10.1. The second-order valence-electron chi connectivity index (χ2n) is 3.05. The maximum Gasteiger partial charge on any atom is 0.356 e. The van der Waals surface area contributed by atoms with E-state index in [9.17, 15) is 4.79 Å². The summed E-state index contributed by atoms with van der Waals surface area (Å²) in [6, 6.07) is 5.60. The molecule has 1 N–H and O–H groups in total. The average molecular weight is 190 g/mol. The maximum atomic E-state index is 10.9. The Morgan fingerprint density at radius 3 is 3.07 bits per heavy atom. The monoisotopic (exact) mass is 190 g/mol. The molecular weight excluding hydrogens is 180 g/mol. The van der Waals surface area contributed by atoms with Crippen molar-refractivity contribution in [3.8, 4) is 0 Å². The maximum absolute atomic E-state index is 10.9. The number of aromatic carboxylic acids is 1. The molecule has 2 heterocycles. The number of rotatable bonds is 2. The van der Waals surface area contributed by atoms with Gasteiger partial charge in [0.1, 0.15) is 0 Å². The summed E-state index contributed by atoms with van der Waals surface area (Å²) in [7, 11) is 0. The molecule has 4 heteroatoms. The first-order valence-electron chi connectivity index (χ1n) is 4.43. The minimum Gasteiger partial charge on any atom is -0.476 e. The van der Waals surface area contributed by atoms with Crippen molar-refractivity contribution in [1.29, 1.82) is 0 Å². The van der Waals surface area contributed by atoms with Gasteiger partial charge in [0.15, 0.2) is 5.69 Å². The number of fused-ring (bicyclic) bond motifs is 1. The minimum atomic E-state index is -0.975. The van der Waals surface area contributed by atoms with Crippen molar-refractivity contribution in [1.82, 2.24) is 9.61 Å². The predicted octanol–water partition coefficient (Wildman–Crippen LogP) is 1.59. The Balaban J connectivity index is 2.72. The van der Waals surface area contributed by atoms with Gasteiger partial charge in [0, 0.05) is 6.20 Å². The lowest BCUT2D eigenvalue weighted by Gasteiger charge is -2.03. The highest BCUT2D eigenvalue weighted by Crippen LogP contribution is 2.11. The normalized spacial score (nSPS) is 10.6. The number of carboxylic acid groups (broad SMARTS) is 1. The smallest absolute Gasteiger partial charge is 0.356 e. The molecular formula is C10H10N2O2. The quantitative estimate of drug-likeness (QED) is 0.782. The van der Waals surface area contributed by atoms with E-state index >= 15 is 0 Å². The number of carboxylic acids is 1. The van der Waals surface area contributed by atoms with Crippen LogP contribution in [0.4, 0.5) is 0 Å². The number of aryl methyl sites for hydroxylation is 1. The van der Waals surface area contributed by atoms with E-state index in [-0.39, 0.29) is 5.69 Å². The molecule has 0 aromatic carbocycles. The third kappa shape index (κ3) is 1.25. The van der Waals surface area contributed by atoms with Crippen LogP contribution in [-0.4, -0.2) is 20.7 Å². The van der Waals surface area contributed by atoms with E-state index in [1.165, 1.54) is 0 Å². The van der Waals surface area contributed by atoms with E-state index < -0.39 is 5.97 Å². The summed E-state index contributed by atoms with van der Waals surface area (Å²) in [6.07, 6.45) is 2.41. The highest BCUT2D eigenvalue weighted by atomic mass is 16.4. The summed E-state index contributed by atoms with van der Waals surface area (Å²) in [5, 5.41) is 12.9. The Morgan fingerprint density at radius 1 is 1.64 bits per heavy atom. The van der Waals surface area contributed by atoms with Crippen molar-refractivity contribution in [2.24, 2.45) is 0 Å². The van der Waals surface area contributed by atoms with Gasteiger partial charge in [-0.2, -0.15) is 5.10 Å². The standard InChI is InChI=1S/C10H10N2O2/c1-2-7-6-8-4-3-5-12(8)11-9(7)10(13)14/h3-6H,2H2,1H3,(H,13,14). The first kappa shape index (κ1) is 8.74. The molecule has 0 aliphatic rings. The number of nitrogens with zero attached hydrogens (tertiary/aromatic N) is 2. The van der Waals surface area contributed by atoms with Crippen LogP contribution in [0.25, 0.3) is 5.52 Å². The van der Waals surface area contributed by atoms with E-state index in [0.717, 1.165) is 11.1 Å². The lowest BCUT2D eigenvalue weighted by Crippen LogP contribution is -2.08. The molecule has 0 aliphatic carbocycles. The van der Waals surface area contributed by atoms with Crippen LogP contribution in [0.15, 0.2) is 24.4 Å². The molecule has 2 aromatic rings. The van der Waals surface area contributed by atoms with Crippen LogP contribution >= 0.6 is 0 Å². The summed E-state index contributed by atoms with van der Waals surface area (Å²) in [4.78, 5) is 10.9. The molecule has 14 heavy (non-hydrogen) atoms. The van der Waals surface area contributed by atoms with Crippen LogP contribution in [0.3, 0.4) is 0 Å². The Morgan fingerprint density at radius 2 is 2.43 bits per heavy atom. The molecule has 0 saturated heterocycles. The number of hydrogen-bond donors (Lipinski definition) is 1. The zero-order chi connectivity index (χ0) is 10.1. The van der Waals surface area contributed by atoms with Crippen LogP contribution < -0.4 is 0 Å². The van der Waals surface area contributed by atoms with Crippen LogP contribution in [0.5, 0.6) is 0 Å². The SMILES string of the molecule is CCc1cc2cccn2nc1C(=O)O. The summed E-state index contributed by atoms with van der Waals surface area (Å²) >= 11 is 0.